The first-order chi connectivity index (χ1) is 11.8. The minimum Gasteiger partial charge on any atom is -0.386 e. The van der Waals surface area contributed by atoms with Gasteiger partial charge in [-0.2, -0.15) is 4.48 Å². The van der Waals surface area contributed by atoms with Crippen molar-refractivity contribution in [3.05, 3.63) is 70.5 Å². The second-order valence-electron chi connectivity index (χ2n) is 5.44. The lowest BCUT2D eigenvalue weighted by Gasteiger charge is -2.35. The predicted octanol–water partition coefficient (Wildman–Crippen LogP) is 4.80. The first kappa shape index (κ1) is 17.6. The average Bonchev–Trinajstić information content (AvgIpc) is 2.83. The van der Waals surface area contributed by atoms with Gasteiger partial charge in [-0.3, -0.25) is 0 Å². The summed E-state index contributed by atoms with van der Waals surface area (Å²) in [7, 11) is 0. The van der Waals surface area contributed by atoms with Crippen molar-refractivity contribution in [3.8, 4) is 0 Å². The second-order valence-corrected chi connectivity index (χ2v) is 5.85. The van der Waals surface area contributed by atoms with Gasteiger partial charge in [0.15, 0.2) is 23.0 Å². The number of aliphatic imine (C=N–C) groups is 1. The summed E-state index contributed by atoms with van der Waals surface area (Å²) in [5, 5.41) is 9.60. The fourth-order valence-corrected chi connectivity index (χ4v) is 3.35. The SMILES string of the molecule is CC1=NC=C(CO)[N+]1(c1ccc(F)cc1Cl)c1c(F)cc(F)cc1F. The number of nitrogens with zero attached hydrogens (tertiary/aromatic N) is 2. The van der Waals surface area contributed by atoms with E-state index < -0.39 is 40.0 Å². The molecule has 0 saturated carbocycles. The first-order valence-corrected chi connectivity index (χ1v) is 7.55. The topological polar surface area (TPSA) is 32.6 Å². The van der Waals surface area contributed by atoms with E-state index in [1.807, 2.05) is 0 Å². The molecule has 130 valence electrons. The molecule has 3 nitrogen and oxygen atoms in total. The van der Waals surface area contributed by atoms with Crippen molar-refractivity contribution < 1.29 is 22.7 Å². The first-order valence-electron chi connectivity index (χ1n) is 7.17. The fourth-order valence-electron chi connectivity index (χ4n) is 3.06. The molecule has 1 aliphatic rings. The Morgan fingerprint density at radius 3 is 2.24 bits per heavy atom. The Hall–Kier alpha value is -2.22. The van der Waals surface area contributed by atoms with Crippen molar-refractivity contribution >= 4 is 28.8 Å². The summed E-state index contributed by atoms with van der Waals surface area (Å²) in [6.07, 6.45) is 1.25. The minimum absolute atomic E-state index is 0.0755. The van der Waals surface area contributed by atoms with E-state index in [9.17, 15) is 22.7 Å². The third-order valence-corrected chi connectivity index (χ3v) is 4.37. The van der Waals surface area contributed by atoms with Crippen molar-refractivity contribution in [2.24, 2.45) is 4.99 Å². The summed E-state index contributed by atoms with van der Waals surface area (Å²) in [6, 6.07) is 4.35. The van der Waals surface area contributed by atoms with Gasteiger partial charge in [-0.15, -0.1) is 0 Å². The van der Waals surface area contributed by atoms with E-state index in [-0.39, 0.29) is 22.2 Å². The Labute approximate surface area is 145 Å². The maximum absolute atomic E-state index is 14.6. The summed E-state index contributed by atoms with van der Waals surface area (Å²) in [5.74, 6) is -3.95. The number of aliphatic hydroxyl groups excluding tert-OH is 1. The van der Waals surface area contributed by atoms with Crippen LogP contribution in [-0.4, -0.2) is 17.5 Å². The van der Waals surface area contributed by atoms with Crippen LogP contribution in [0.3, 0.4) is 0 Å². The molecule has 0 aromatic heterocycles. The molecule has 1 heterocycles. The van der Waals surface area contributed by atoms with Crippen LogP contribution in [0.2, 0.25) is 5.02 Å². The van der Waals surface area contributed by atoms with E-state index >= 15 is 0 Å². The second kappa shape index (κ2) is 6.25. The largest absolute Gasteiger partial charge is 0.386 e. The van der Waals surface area contributed by atoms with E-state index in [2.05, 4.69) is 4.99 Å². The van der Waals surface area contributed by atoms with Gasteiger partial charge in [0.2, 0.25) is 11.5 Å². The van der Waals surface area contributed by atoms with Crippen molar-refractivity contribution in [1.82, 2.24) is 4.48 Å². The lowest BCUT2D eigenvalue weighted by molar-refractivity contribution is 0.308. The maximum atomic E-state index is 14.6. The van der Waals surface area contributed by atoms with Crippen LogP contribution in [0, 0.1) is 23.3 Å². The summed E-state index contributed by atoms with van der Waals surface area (Å²) < 4.78 is 55.3. The fraction of sp³-hybridized carbons (Fsp3) is 0.118. The molecule has 0 radical (unpaired) electrons. The predicted molar refractivity (Wildman–Crippen MR) is 87.5 cm³/mol. The molecule has 2 aromatic rings. The molecule has 0 spiro atoms. The number of hydrogen-bond acceptors (Lipinski definition) is 2. The normalized spacial score (nSPS) is 19.8. The number of benzene rings is 2. The van der Waals surface area contributed by atoms with Crippen molar-refractivity contribution in [3.63, 3.8) is 0 Å². The van der Waals surface area contributed by atoms with E-state index in [1.54, 1.807) is 0 Å². The Morgan fingerprint density at radius 1 is 1.04 bits per heavy atom. The molecule has 1 atom stereocenters. The molecule has 1 aliphatic heterocycles. The van der Waals surface area contributed by atoms with Crippen LogP contribution in [0.1, 0.15) is 6.92 Å². The lowest BCUT2D eigenvalue weighted by atomic mass is 10.1. The zero-order chi connectivity index (χ0) is 18.4. The standard InChI is InChI=1S/C17H12ClF4N2O/c1-9-23-7-12(8-25)24(9,16-3-2-10(19)4-13(16)18)17-14(21)5-11(20)6-15(17)22/h2-7,25H,8H2,1H3/q+1. The summed E-state index contributed by atoms with van der Waals surface area (Å²) >= 11 is 6.13. The van der Waals surface area contributed by atoms with E-state index in [4.69, 9.17) is 11.6 Å². The molecule has 8 heteroatoms. The molecule has 25 heavy (non-hydrogen) atoms. The Balaban J connectivity index is 2.45. The smallest absolute Gasteiger partial charge is 0.221 e. The molecule has 0 fully saturated rings. The lowest BCUT2D eigenvalue weighted by Crippen LogP contribution is -2.47. The van der Waals surface area contributed by atoms with Crippen LogP contribution >= 0.6 is 11.6 Å². The highest BCUT2D eigenvalue weighted by molar-refractivity contribution is 6.34. The Bertz CT molecular complexity index is 906. The molecular weight excluding hydrogens is 360 g/mol. The van der Waals surface area contributed by atoms with Crippen molar-refractivity contribution in [1.29, 1.82) is 0 Å². The zero-order valence-electron chi connectivity index (χ0n) is 12.9. The van der Waals surface area contributed by atoms with Crippen LogP contribution in [-0.2, 0) is 0 Å². The molecule has 1 N–H and O–H groups in total. The molecule has 0 saturated heterocycles. The van der Waals surface area contributed by atoms with Gasteiger partial charge in [0.25, 0.3) is 0 Å². The third kappa shape index (κ3) is 2.55. The number of halogens is 5. The monoisotopic (exact) mass is 371 g/mol. The molecule has 0 amide bonds. The van der Waals surface area contributed by atoms with Gasteiger partial charge < -0.3 is 5.11 Å². The molecule has 0 aliphatic carbocycles. The number of rotatable bonds is 3. The molecule has 0 bridgehead atoms. The highest BCUT2D eigenvalue weighted by Gasteiger charge is 2.50. The number of amidine groups is 1. The van der Waals surface area contributed by atoms with Gasteiger partial charge in [-0.1, -0.05) is 11.6 Å². The van der Waals surface area contributed by atoms with Crippen molar-refractivity contribution in [2.45, 2.75) is 6.92 Å². The van der Waals surface area contributed by atoms with Gasteiger partial charge in [-0.25, -0.2) is 22.6 Å². The quantitative estimate of drug-likeness (QED) is 0.610. The van der Waals surface area contributed by atoms with Crippen LogP contribution < -0.4 is 4.48 Å². The Kier molecular flexibility index (Phi) is 4.40. The highest BCUT2D eigenvalue weighted by Crippen LogP contribution is 2.48. The van der Waals surface area contributed by atoms with E-state index in [1.165, 1.54) is 19.2 Å². The van der Waals surface area contributed by atoms with Gasteiger partial charge in [0.05, 0.1) is 6.20 Å². The zero-order valence-corrected chi connectivity index (χ0v) is 13.7. The summed E-state index contributed by atoms with van der Waals surface area (Å²) in [6.45, 7) is 0.867. The van der Waals surface area contributed by atoms with Gasteiger partial charge >= 0.3 is 0 Å². The molecular formula is C17H12ClF4N2O+. The Morgan fingerprint density at radius 2 is 1.68 bits per heavy atom. The number of quaternary nitrogens is 1. The van der Waals surface area contributed by atoms with Crippen LogP contribution in [0.15, 0.2) is 47.2 Å². The minimum atomic E-state index is -1.19. The highest BCUT2D eigenvalue weighted by atomic mass is 35.5. The maximum Gasteiger partial charge on any atom is 0.221 e. The molecule has 2 aromatic carbocycles. The van der Waals surface area contributed by atoms with E-state index in [0.717, 1.165) is 12.1 Å². The van der Waals surface area contributed by atoms with Gasteiger partial charge in [0, 0.05) is 25.1 Å². The van der Waals surface area contributed by atoms with Crippen LogP contribution in [0.25, 0.3) is 0 Å². The number of hydrogen-bond donors (Lipinski definition) is 1. The van der Waals surface area contributed by atoms with Crippen molar-refractivity contribution in [2.75, 3.05) is 6.61 Å². The van der Waals surface area contributed by atoms with E-state index in [0.29, 0.717) is 12.1 Å². The van der Waals surface area contributed by atoms with Gasteiger partial charge in [0.1, 0.15) is 23.3 Å². The number of aliphatic hydroxyl groups is 1. The summed E-state index contributed by atoms with van der Waals surface area (Å²) in [5.41, 5.74) is -0.434. The summed E-state index contributed by atoms with van der Waals surface area (Å²) in [4.78, 5) is 4.05. The molecule has 1 unspecified atom stereocenters. The van der Waals surface area contributed by atoms with Crippen LogP contribution in [0.4, 0.5) is 28.9 Å². The van der Waals surface area contributed by atoms with Crippen LogP contribution in [0.5, 0.6) is 0 Å². The van der Waals surface area contributed by atoms with Gasteiger partial charge in [-0.05, 0) is 12.1 Å². The molecule has 3 rings (SSSR count). The third-order valence-electron chi connectivity index (χ3n) is 4.07. The average molecular weight is 372 g/mol.